The molecular weight excluding hydrogens is 368 g/mol. The molecular formula is C11H12Br2N2O3. The van der Waals surface area contributed by atoms with Gasteiger partial charge in [-0.25, -0.2) is 0 Å². The number of halogens is 2. The van der Waals surface area contributed by atoms with Gasteiger partial charge in [-0.05, 0) is 44.8 Å². The van der Waals surface area contributed by atoms with Crippen molar-refractivity contribution < 1.29 is 14.3 Å². The van der Waals surface area contributed by atoms with E-state index in [1.165, 1.54) is 0 Å². The van der Waals surface area contributed by atoms with Crippen LogP contribution in [0.4, 0.5) is 0 Å². The molecule has 0 spiro atoms. The van der Waals surface area contributed by atoms with Crippen molar-refractivity contribution in [3.8, 4) is 5.75 Å². The van der Waals surface area contributed by atoms with Crippen molar-refractivity contribution in [1.29, 1.82) is 0 Å². The van der Waals surface area contributed by atoms with Crippen LogP contribution >= 0.6 is 31.9 Å². The highest BCUT2D eigenvalue weighted by Crippen LogP contribution is 2.35. The molecule has 0 aliphatic rings. The predicted octanol–water partition coefficient (Wildman–Crippen LogP) is 3.11. The molecule has 0 aliphatic heterocycles. The fraction of sp³-hybridized carbons (Fsp3) is 0.364. The standard InChI is InChI=1S/C11H12Br2N2O3/c1-3-15-9(8(17-2)5-14-15)10(16)7-4-6(12)11(13)18-7/h4-5,10,16H,3H2,1-2H3. The van der Waals surface area contributed by atoms with Gasteiger partial charge in [0.1, 0.15) is 11.5 Å². The number of nitrogens with zero attached hydrogens (tertiary/aromatic N) is 2. The third-order valence-corrected chi connectivity index (χ3v) is 4.27. The van der Waals surface area contributed by atoms with Gasteiger partial charge in [0.05, 0.1) is 17.8 Å². The van der Waals surface area contributed by atoms with Crippen LogP contribution in [0.2, 0.25) is 0 Å². The second-order valence-electron chi connectivity index (χ2n) is 3.59. The summed E-state index contributed by atoms with van der Waals surface area (Å²) in [6, 6.07) is 1.71. The Kier molecular flexibility index (Phi) is 4.14. The summed E-state index contributed by atoms with van der Waals surface area (Å²) in [6.07, 6.45) is 0.653. The quantitative estimate of drug-likeness (QED) is 0.886. The Bertz CT molecular complexity index is 509. The van der Waals surface area contributed by atoms with E-state index in [1.54, 1.807) is 24.1 Å². The molecule has 0 fully saturated rings. The summed E-state index contributed by atoms with van der Waals surface area (Å²) in [5, 5.41) is 14.5. The lowest BCUT2D eigenvalue weighted by atomic mass is 10.2. The van der Waals surface area contributed by atoms with E-state index in [9.17, 15) is 5.11 Å². The molecule has 0 amide bonds. The first-order valence-electron chi connectivity index (χ1n) is 5.31. The fourth-order valence-electron chi connectivity index (χ4n) is 1.70. The first-order chi connectivity index (χ1) is 8.58. The van der Waals surface area contributed by atoms with E-state index in [4.69, 9.17) is 9.15 Å². The number of aromatic nitrogens is 2. The lowest BCUT2D eigenvalue weighted by Gasteiger charge is -2.11. The van der Waals surface area contributed by atoms with Gasteiger partial charge in [0.15, 0.2) is 16.5 Å². The molecule has 1 unspecified atom stereocenters. The van der Waals surface area contributed by atoms with Crippen LogP contribution in [0.15, 0.2) is 25.8 Å². The molecule has 2 rings (SSSR count). The third kappa shape index (κ3) is 2.34. The molecule has 0 bridgehead atoms. The average molecular weight is 380 g/mol. The molecule has 0 radical (unpaired) electrons. The van der Waals surface area contributed by atoms with E-state index < -0.39 is 6.10 Å². The minimum Gasteiger partial charge on any atom is -0.493 e. The van der Waals surface area contributed by atoms with Crippen molar-refractivity contribution in [3.63, 3.8) is 0 Å². The van der Waals surface area contributed by atoms with Gasteiger partial charge in [0, 0.05) is 6.54 Å². The highest BCUT2D eigenvalue weighted by atomic mass is 79.9. The molecule has 1 atom stereocenters. The minimum absolute atomic E-state index is 0.419. The zero-order valence-electron chi connectivity index (χ0n) is 9.85. The van der Waals surface area contributed by atoms with Crippen molar-refractivity contribution in [2.45, 2.75) is 19.6 Å². The Morgan fingerprint density at radius 1 is 1.56 bits per heavy atom. The number of hydrogen-bond donors (Lipinski definition) is 1. The molecule has 18 heavy (non-hydrogen) atoms. The van der Waals surface area contributed by atoms with Gasteiger partial charge in [0.25, 0.3) is 0 Å². The molecule has 1 N–H and O–H groups in total. The van der Waals surface area contributed by atoms with Gasteiger partial charge < -0.3 is 14.3 Å². The summed E-state index contributed by atoms with van der Waals surface area (Å²) < 4.78 is 13.6. The minimum atomic E-state index is -0.926. The van der Waals surface area contributed by atoms with E-state index >= 15 is 0 Å². The summed E-state index contributed by atoms with van der Waals surface area (Å²) >= 11 is 6.55. The highest BCUT2D eigenvalue weighted by molar-refractivity contribution is 9.13. The Morgan fingerprint density at radius 3 is 2.78 bits per heavy atom. The van der Waals surface area contributed by atoms with E-state index in [1.807, 2.05) is 6.92 Å². The Balaban J connectivity index is 2.44. The monoisotopic (exact) mass is 378 g/mol. The lowest BCUT2D eigenvalue weighted by Crippen LogP contribution is -2.09. The maximum absolute atomic E-state index is 10.4. The second kappa shape index (κ2) is 5.46. The van der Waals surface area contributed by atoms with Gasteiger partial charge in [-0.2, -0.15) is 5.10 Å². The van der Waals surface area contributed by atoms with Crippen LogP contribution in [0.3, 0.4) is 0 Å². The summed E-state index contributed by atoms with van der Waals surface area (Å²) in [5.74, 6) is 0.954. The summed E-state index contributed by atoms with van der Waals surface area (Å²) in [4.78, 5) is 0. The number of methoxy groups -OCH3 is 1. The topological polar surface area (TPSA) is 60.4 Å². The molecule has 7 heteroatoms. The second-order valence-corrected chi connectivity index (χ2v) is 5.16. The zero-order chi connectivity index (χ0) is 13.3. The van der Waals surface area contributed by atoms with Crippen LogP contribution < -0.4 is 4.74 Å². The molecule has 2 heterocycles. The maximum atomic E-state index is 10.4. The summed E-state index contributed by atoms with van der Waals surface area (Å²) in [7, 11) is 1.54. The highest BCUT2D eigenvalue weighted by Gasteiger charge is 2.24. The largest absolute Gasteiger partial charge is 0.493 e. The Morgan fingerprint density at radius 2 is 2.28 bits per heavy atom. The van der Waals surface area contributed by atoms with Crippen molar-refractivity contribution in [3.05, 3.63) is 32.9 Å². The first-order valence-corrected chi connectivity index (χ1v) is 6.89. The molecule has 0 aromatic carbocycles. The number of aliphatic hydroxyl groups excluding tert-OH is 1. The van der Waals surface area contributed by atoms with Gasteiger partial charge in [-0.1, -0.05) is 0 Å². The fourth-order valence-corrected chi connectivity index (χ4v) is 2.30. The van der Waals surface area contributed by atoms with Crippen molar-refractivity contribution in [2.24, 2.45) is 0 Å². The van der Waals surface area contributed by atoms with Crippen LogP contribution in [-0.2, 0) is 6.54 Å². The Labute approximate surface area is 121 Å². The summed E-state index contributed by atoms with van der Waals surface area (Å²) in [6.45, 7) is 2.58. The van der Waals surface area contributed by atoms with E-state index in [-0.39, 0.29) is 0 Å². The van der Waals surface area contributed by atoms with Crippen molar-refractivity contribution >= 4 is 31.9 Å². The van der Waals surface area contributed by atoms with Crippen molar-refractivity contribution in [1.82, 2.24) is 9.78 Å². The molecule has 0 saturated carbocycles. The van der Waals surface area contributed by atoms with Crippen LogP contribution in [0.5, 0.6) is 5.75 Å². The molecule has 2 aromatic heterocycles. The average Bonchev–Trinajstić information content (AvgIpc) is 2.92. The molecule has 98 valence electrons. The molecule has 2 aromatic rings. The van der Waals surface area contributed by atoms with E-state index in [2.05, 4.69) is 37.0 Å². The third-order valence-electron chi connectivity index (χ3n) is 2.56. The lowest BCUT2D eigenvalue weighted by molar-refractivity contribution is 0.172. The van der Waals surface area contributed by atoms with E-state index in [0.717, 1.165) is 4.47 Å². The predicted molar refractivity (Wildman–Crippen MR) is 72.6 cm³/mol. The van der Waals surface area contributed by atoms with Crippen LogP contribution in [0.1, 0.15) is 24.5 Å². The van der Waals surface area contributed by atoms with Crippen LogP contribution in [0, 0.1) is 0 Å². The normalized spacial score (nSPS) is 12.7. The van der Waals surface area contributed by atoms with Gasteiger partial charge >= 0.3 is 0 Å². The van der Waals surface area contributed by atoms with Crippen LogP contribution in [0.25, 0.3) is 0 Å². The number of rotatable bonds is 4. The van der Waals surface area contributed by atoms with Gasteiger partial charge in [0.2, 0.25) is 0 Å². The molecule has 5 nitrogen and oxygen atoms in total. The first kappa shape index (κ1) is 13.6. The molecule has 0 aliphatic carbocycles. The van der Waals surface area contributed by atoms with E-state index in [0.29, 0.717) is 28.4 Å². The zero-order valence-corrected chi connectivity index (χ0v) is 13.0. The van der Waals surface area contributed by atoms with Crippen LogP contribution in [-0.4, -0.2) is 22.0 Å². The number of aliphatic hydroxyl groups is 1. The summed E-state index contributed by atoms with van der Waals surface area (Å²) in [5.41, 5.74) is 0.578. The number of furan rings is 1. The SMILES string of the molecule is CCn1ncc(OC)c1C(O)c1cc(Br)c(Br)o1. The van der Waals surface area contributed by atoms with Crippen molar-refractivity contribution in [2.75, 3.05) is 7.11 Å². The maximum Gasteiger partial charge on any atom is 0.183 e. The molecule has 0 saturated heterocycles. The number of hydrogen-bond acceptors (Lipinski definition) is 4. The smallest absolute Gasteiger partial charge is 0.183 e. The van der Waals surface area contributed by atoms with Gasteiger partial charge in [-0.3, -0.25) is 4.68 Å². The Hall–Kier alpha value is -0.790. The number of aryl methyl sites for hydroxylation is 1. The van der Waals surface area contributed by atoms with Gasteiger partial charge in [-0.15, -0.1) is 0 Å². The number of ether oxygens (including phenoxy) is 1.